The lowest BCUT2D eigenvalue weighted by molar-refractivity contribution is -0.0308. The maximum atomic E-state index is 2.85. The molecule has 0 aromatic rings. The molecule has 40 heavy (non-hydrogen) atoms. The van der Waals surface area contributed by atoms with Gasteiger partial charge in [-0.05, 0) is 25.7 Å². The zero-order valence-corrected chi connectivity index (χ0v) is 28.9. The molecule has 0 unspecified atom stereocenters. The van der Waals surface area contributed by atoms with Gasteiger partial charge in [-0.15, -0.1) is 0 Å². The minimum Gasteiger partial charge on any atom is -0.242 e. The summed E-state index contributed by atoms with van der Waals surface area (Å²) in [5.74, 6) is 0. The van der Waals surface area contributed by atoms with E-state index >= 15 is 0 Å². The Hall–Kier alpha value is -0.0800. The van der Waals surface area contributed by atoms with Gasteiger partial charge in [0.05, 0.1) is 0 Å². The Bertz CT molecular complexity index is 399. The molecule has 0 saturated carbocycles. The molecule has 0 heterocycles. The predicted molar refractivity (Wildman–Crippen MR) is 184 cm³/mol. The fraction of sp³-hybridized carbons (Fsp3) is 1.00. The van der Waals surface area contributed by atoms with Crippen molar-refractivity contribution in [2.45, 2.75) is 220 Å². The zero-order valence-electron chi connectivity index (χ0n) is 28.9. The third-order valence-corrected chi connectivity index (χ3v) is 8.98. The summed E-state index contributed by atoms with van der Waals surface area (Å²) in [6, 6.07) is 0. The molecule has 0 amide bonds. The molecule has 0 fully saturated rings. The molecule has 0 saturated heterocycles. The summed E-state index contributed by atoms with van der Waals surface area (Å²) in [5, 5.41) is 5.70. The summed E-state index contributed by atoms with van der Waals surface area (Å²) in [6.07, 6.45) is 42.8. The lowest BCUT2D eigenvalue weighted by Gasteiger charge is -2.36. The van der Waals surface area contributed by atoms with E-state index in [0.29, 0.717) is 0 Å². The van der Waals surface area contributed by atoms with Crippen LogP contribution >= 0.6 is 0 Å². The van der Waals surface area contributed by atoms with Crippen molar-refractivity contribution in [3.05, 3.63) is 0 Å². The fourth-order valence-corrected chi connectivity index (χ4v) is 6.15. The molecule has 242 valence electrons. The topological polar surface area (TPSA) is 6.48 Å². The number of nitrogens with zero attached hydrogens (tertiary/aromatic N) is 2. The van der Waals surface area contributed by atoms with Crippen molar-refractivity contribution in [1.29, 1.82) is 0 Å². The lowest BCUT2D eigenvalue weighted by atomic mass is 10.1. The molecule has 0 aliphatic rings. The van der Waals surface area contributed by atoms with Gasteiger partial charge in [0.15, 0.2) is 0 Å². The highest BCUT2D eigenvalue weighted by Crippen LogP contribution is 2.16. The van der Waals surface area contributed by atoms with E-state index in [2.05, 4.69) is 37.7 Å². The van der Waals surface area contributed by atoms with E-state index in [1.165, 1.54) is 219 Å². The van der Waals surface area contributed by atoms with Gasteiger partial charge in [0.2, 0.25) is 0 Å². The van der Waals surface area contributed by atoms with Crippen molar-refractivity contribution in [3.63, 3.8) is 0 Å². The molecular formula is C38H80N2. The molecule has 0 atom stereocenters. The third kappa shape index (κ3) is 29.4. The molecule has 0 aromatic heterocycles. The van der Waals surface area contributed by atoms with Crippen LogP contribution in [0.2, 0.25) is 0 Å². The lowest BCUT2D eigenvalue weighted by Crippen LogP contribution is -2.45. The fourth-order valence-electron chi connectivity index (χ4n) is 6.15. The van der Waals surface area contributed by atoms with E-state index in [1.807, 2.05) is 0 Å². The Morgan fingerprint density at radius 3 is 0.525 bits per heavy atom. The standard InChI is InChI=1S/C38H80N2/c1-5-9-13-17-21-25-29-33-37-40(38-34-30-26-22-18-14-10-6-2)39(35-31-27-23-19-15-11-7-3)36-32-28-24-20-16-12-8-4/h5-38H2,1-4H3. The average Bonchev–Trinajstić information content (AvgIpc) is 2.96. The van der Waals surface area contributed by atoms with Gasteiger partial charge in [0.1, 0.15) is 0 Å². The van der Waals surface area contributed by atoms with E-state index in [4.69, 9.17) is 0 Å². The number of hydrazine groups is 1. The highest BCUT2D eigenvalue weighted by atomic mass is 15.6. The van der Waals surface area contributed by atoms with Crippen LogP contribution in [0.15, 0.2) is 0 Å². The van der Waals surface area contributed by atoms with Crippen molar-refractivity contribution in [2.75, 3.05) is 26.2 Å². The van der Waals surface area contributed by atoms with Crippen molar-refractivity contribution < 1.29 is 0 Å². The molecule has 0 bridgehead atoms. The van der Waals surface area contributed by atoms with Crippen LogP contribution in [-0.4, -0.2) is 36.2 Å². The summed E-state index contributed by atoms with van der Waals surface area (Å²) >= 11 is 0. The van der Waals surface area contributed by atoms with E-state index in [1.54, 1.807) is 0 Å². The minimum absolute atomic E-state index is 1.30. The number of hydrogen-bond acceptors (Lipinski definition) is 2. The highest BCUT2D eigenvalue weighted by Gasteiger charge is 2.15. The second-order valence-electron chi connectivity index (χ2n) is 13.1. The van der Waals surface area contributed by atoms with Gasteiger partial charge in [0, 0.05) is 26.2 Å². The number of unbranched alkanes of at least 4 members (excludes halogenated alkanes) is 26. The first kappa shape index (κ1) is 39.9. The van der Waals surface area contributed by atoms with Crippen LogP contribution in [0, 0.1) is 0 Å². The second-order valence-corrected chi connectivity index (χ2v) is 13.1. The van der Waals surface area contributed by atoms with Gasteiger partial charge in [-0.25, -0.2) is 10.0 Å². The maximum Gasteiger partial charge on any atom is 0.0133 e. The summed E-state index contributed by atoms with van der Waals surface area (Å²) in [7, 11) is 0. The molecule has 0 aliphatic carbocycles. The van der Waals surface area contributed by atoms with Crippen LogP contribution in [0.1, 0.15) is 220 Å². The van der Waals surface area contributed by atoms with Gasteiger partial charge in [0.25, 0.3) is 0 Å². The van der Waals surface area contributed by atoms with E-state index < -0.39 is 0 Å². The van der Waals surface area contributed by atoms with Crippen LogP contribution < -0.4 is 0 Å². The van der Waals surface area contributed by atoms with Crippen molar-refractivity contribution in [3.8, 4) is 0 Å². The SMILES string of the molecule is CCCCCCCCCCN(CCCCCCCCCC)N(CCCCCCCCC)CCCCCCCCC. The van der Waals surface area contributed by atoms with Gasteiger partial charge in [-0.2, -0.15) is 0 Å². The molecule has 0 N–H and O–H groups in total. The Morgan fingerprint density at radius 1 is 0.200 bits per heavy atom. The normalized spacial score (nSPS) is 11.8. The Labute approximate surface area is 256 Å². The van der Waals surface area contributed by atoms with Gasteiger partial charge < -0.3 is 0 Å². The second kappa shape index (κ2) is 35.1. The molecule has 0 aromatic carbocycles. The first-order valence-electron chi connectivity index (χ1n) is 19.3. The minimum atomic E-state index is 1.30. The smallest absolute Gasteiger partial charge is 0.0133 e. The maximum absolute atomic E-state index is 2.85. The monoisotopic (exact) mass is 565 g/mol. The zero-order chi connectivity index (χ0) is 29.2. The molecule has 2 nitrogen and oxygen atoms in total. The molecule has 0 rings (SSSR count). The van der Waals surface area contributed by atoms with Crippen molar-refractivity contribution >= 4 is 0 Å². The summed E-state index contributed by atoms with van der Waals surface area (Å²) < 4.78 is 0. The predicted octanol–water partition coefficient (Wildman–Crippen LogP) is 13.3. The quantitative estimate of drug-likeness (QED) is 0.0558. The van der Waals surface area contributed by atoms with Crippen LogP contribution in [0.5, 0.6) is 0 Å². The van der Waals surface area contributed by atoms with Crippen LogP contribution in [0.4, 0.5) is 0 Å². The number of hydrogen-bond donors (Lipinski definition) is 0. The Morgan fingerprint density at radius 2 is 0.350 bits per heavy atom. The Kier molecular flexibility index (Phi) is 35.0. The summed E-state index contributed by atoms with van der Waals surface area (Å²) in [4.78, 5) is 0. The van der Waals surface area contributed by atoms with E-state index in [0.717, 1.165) is 0 Å². The van der Waals surface area contributed by atoms with Crippen molar-refractivity contribution in [1.82, 2.24) is 10.0 Å². The Balaban J connectivity index is 4.72. The molecule has 0 spiro atoms. The summed E-state index contributed by atoms with van der Waals surface area (Å²) in [5.41, 5.74) is 0. The van der Waals surface area contributed by atoms with Gasteiger partial charge in [-0.1, -0.05) is 195 Å². The van der Waals surface area contributed by atoms with Crippen LogP contribution in [0.25, 0.3) is 0 Å². The molecule has 0 radical (unpaired) electrons. The van der Waals surface area contributed by atoms with Gasteiger partial charge in [-0.3, -0.25) is 0 Å². The van der Waals surface area contributed by atoms with E-state index in [9.17, 15) is 0 Å². The number of rotatable bonds is 35. The largest absolute Gasteiger partial charge is 0.242 e. The molecular weight excluding hydrogens is 484 g/mol. The highest BCUT2D eigenvalue weighted by molar-refractivity contribution is 4.63. The molecule has 0 aliphatic heterocycles. The van der Waals surface area contributed by atoms with Gasteiger partial charge >= 0.3 is 0 Å². The first-order chi connectivity index (χ1) is 19.8. The van der Waals surface area contributed by atoms with Crippen LogP contribution in [0.3, 0.4) is 0 Å². The average molecular weight is 565 g/mol. The molecule has 2 heteroatoms. The first-order valence-corrected chi connectivity index (χ1v) is 19.3. The van der Waals surface area contributed by atoms with E-state index in [-0.39, 0.29) is 0 Å². The van der Waals surface area contributed by atoms with Crippen LogP contribution in [-0.2, 0) is 0 Å². The summed E-state index contributed by atoms with van der Waals surface area (Å²) in [6.45, 7) is 14.5. The third-order valence-electron chi connectivity index (χ3n) is 8.98. The van der Waals surface area contributed by atoms with Crippen molar-refractivity contribution in [2.24, 2.45) is 0 Å².